The maximum absolute atomic E-state index is 12.4. The largest absolute Gasteiger partial charge is 0.316 e. The van der Waals surface area contributed by atoms with E-state index in [4.69, 9.17) is 0 Å². The predicted molar refractivity (Wildman–Crippen MR) is 76.3 cm³/mol. The van der Waals surface area contributed by atoms with Crippen LogP contribution in [0.15, 0.2) is 29.2 Å². The molecule has 0 spiro atoms. The van der Waals surface area contributed by atoms with Crippen molar-refractivity contribution in [3.05, 3.63) is 29.8 Å². The minimum Gasteiger partial charge on any atom is -0.316 e. The van der Waals surface area contributed by atoms with E-state index in [1.54, 1.807) is 19.2 Å². The van der Waals surface area contributed by atoms with E-state index in [1.807, 2.05) is 19.2 Å². The standard InChI is InChI=1S/C14H22N2O2S/c1-11-8-13(11)10-16(3)19(17,18)14-6-4-12(5-7-14)9-15-2/h4-7,11,13,15H,8-10H2,1-3H3. The lowest BCUT2D eigenvalue weighted by Crippen LogP contribution is -2.29. The van der Waals surface area contributed by atoms with Gasteiger partial charge in [0.1, 0.15) is 0 Å². The van der Waals surface area contributed by atoms with E-state index in [9.17, 15) is 8.42 Å². The summed E-state index contributed by atoms with van der Waals surface area (Å²) in [5, 5.41) is 3.04. The lowest BCUT2D eigenvalue weighted by molar-refractivity contribution is 0.444. The third-order valence-electron chi connectivity index (χ3n) is 3.78. The summed E-state index contributed by atoms with van der Waals surface area (Å²) in [5.41, 5.74) is 1.08. The first-order valence-electron chi connectivity index (χ1n) is 6.65. The molecule has 1 N–H and O–H groups in total. The average molecular weight is 282 g/mol. The highest BCUT2D eigenvalue weighted by Crippen LogP contribution is 2.38. The minimum atomic E-state index is -3.34. The summed E-state index contributed by atoms with van der Waals surface area (Å²) < 4.78 is 26.2. The topological polar surface area (TPSA) is 49.4 Å². The van der Waals surface area contributed by atoms with Crippen LogP contribution in [-0.2, 0) is 16.6 Å². The number of nitrogens with zero attached hydrogens (tertiary/aromatic N) is 1. The van der Waals surface area contributed by atoms with Gasteiger partial charge in [0.2, 0.25) is 10.0 Å². The molecule has 19 heavy (non-hydrogen) atoms. The highest BCUT2D eigenvalue weighted by atomic mass is 32.2. The Morgan fingerprint density at radius 2 is 1.89 bits per heavy atom. The van der Waals surface area contributed by atoms with Crippen molar-refractivity contribution in [2.24, 2.45) is 11.8 Å². The Morgan fingerprint density at radius 1 is 1.32 bits per heavy atom. The van der Waals surface area contributed by atoms with E-state index < -0.39 is 10.0 Å². The van der Waals surface area contributed by atoms with Gasteiger partial charge in [-0.25, -0.2) is 12.7 Å². The minimum absolute atomic E-state index is 0.378. The van der Waals surface area contributed by atoms with Gasteiger partial charge in [-0.15, -0.1) is 0 Å². The zero-order valence-corrected chi connectivity index (χ0v) is 12.6. The summed E-state index contributed by atoms with van der Waals surface area (Å²) in [5.74, 6) is 1.19. The molecule has 5 heteroatoms. The first-order chi connectivity index (χ1) is 8.95. The zero-order valence-electron chi connectivity index (χ0n) is 11.8. The molecule has 0 radical (unpaired) electrons. The molecule has 2 rings (SSSR count). The van der Waals surface area contributed by atoms with E-state index in [0.717, 1.165) is 18.5 Å². The Kier molecular flexibility index (Phi) is 4.28. The van der Waals surface area contributed by atoms with Crippen molar-refractivity contribution in [1.82, 2.24) is 9.62 Å². The summed E-state index contributed by atoms with van der Waals surface area (Å²) in [6, 6.07) is 7.09. The molecule has 1 aliphatic carbocycles. The average Bonchev–Trinajstić information content (AvgIpc) is 3.06. The van der Waals surface area contributed by atoms with Crippen LogP contribution in [0.25, 0.3) is 0 Å². The lowest BCUT2D eigenvalue weighted by Gasteiger charge is -2.17. The van der Waals surface area contributed by atoms with Crippen molar-refractivity contribution in [3.63, 3.8) is 0 Å². The normalized spacial score (nSPS) is 22.7. The van der Waals surface area contributed by atoms with Crippen LogP contribution in [0.1, 0.15) is 18.9 Å². The Hall–Kier alpha value is -0.910. The van der Waals surface area contributed by atoms with Gasteiger partial charge in [-0.2, -0.15) is 0 Å². The Labute approximate surface area is 115 Å². The predicted octanol–water partition coefficient (Wildman–Crippen LogP) is 1.68. The lowest BCUT2D eigenvalue weighted by atomic mass is 10.2. The third-order valence-corrected chi connectivity index (χ3v) is 5.62. The molecule has 2 unspecified atom stereocenters. The van der Waals surface area contributed by atoms with Crippen molar-refractivity contribution in [2.45, 2.75) is 24.8 Å². The molecule has 1 aliphatic rings. The first kappa shape index (κ1) is 14.5. The van der Waals surface area contributed by atoms with Gasteiger partial charge in [0.05, 0.1) is 4.90 Å². The molecule has 1 saturated carbocycles. The number of hydrogen-bond acceptors (Lipinski definition) is 3. The Balaban J connectivity index is 2.09. The van der Waals surface area contributed by atoms with E-state index in [2.05, 4.69) is 12.2 Å². The first-order valence-corrected chi connectivity index (χ1v) is 8.09. The molecule has 2 atom stereocenters. The number of nitrogens with one attached hydrogen (secondary N) is 1. The zero-order chi connectivity index (χ0) is 14.0. The van der Waals surface area contributed by atoms with Gasteiger partial charge in [0.15, 0.2) is 0 Å². The molecule has 0 heterocycles. The molecule has 0 saturated heterocycles. The van der Waals surface area contributed by atoms with Gasteiger partial charge in [-0.3, -0.25) is 0 Å². The summed E-state index contributed by atoms with van der Waals surface area (Å²) in [7, 11) is 0.203. The van der Waals surface area contributed by atoms with Gasteiger partial charge in [0, 0.05) is 20.1 Å². The molecule has 0 bridgehead atoms. The third kappa shape index (κ3) is 3.35. The molecular weight excluding hydrogens is 260 g/mol. The van der Waals surface area contributed by atoms with Crippen LogP contribution < -0.4 is 5.32 Å². The van der Waals surface area contributed by atoms with E-state index in [1.165, 1.54) is 4.31 Å². The van der Waals surface area contributed by atoms with Crippen LogP contribution in [0.2, 0.25) is 0 Å². The maximum atomic E-state index is 12.4. The fraction of sp³-hybridized carbons (Fsp3) is 0.571. The maximum Gasteiger partial charge on any atom is 0.242 e. The summed E-state index contributed by atoms with van der Waals surface area (Å²) in [6.07, 6.45) is 1.14. The monoisotopic (exact) mass is 282 g/mol. The van der Waals surface area contributed by atoms with Crippen molar-refractivity contribution in [2.75, 3.05) is 20.6 Å². The molecular formula is C14H22N2O2S. The highest BCUT2D eigenvalue weighted by Gasteiger charge is 2.36. The fourth-order valence-electron chi connectivity index (χ4n) is 2.25. The van der Waals surface area contributed by atoms with Crippen LogP contribution in [0, 0.1) is 11.8 Å². The number of rotatable bonds is 6. The highest BCUT2D eigenvalue weighted by molar-refractivity contribution is 7.89. The van der Waals surface area contributed by atoms with Crippen molar-refractivity contribution in [3.8, 4) is 0 Å². The molecule has 1 aromatic carbocycles. The fourth-order valence-corrected chi connectivity index (χ4v) is 3.47. The van der Waals surface area contributed by atoms with Crippen molar-refractivity contribution >= 4 is 10.0 Å². The molecule has 1 fully saturated rings. The van der Waals surface area contributed by atoms with Gasteiger partial charge >= 0.3 is 0 Å². The van der Waals surface area contributed by atoms with Gasteiger partial charge in [0.25, 0.3) is 0 Å². The smallest absolute Gasteiger partial charge is 0.242 e. The molecule has 0 aromatic heterocycles. The van der Waals surface area contributed by atoms with Gasteiger partial charge < -0.3 is 5.32 Å². The van der Waals surface area contributed by atoms with E-state index in [-0.39, 0.29) is 0 Å². The number of sulfonamides is 1. The summed E-state index contributed by atoms with van der Waals surface area (Å²) in [4.78, 5) is 0.378. The van der Waals surface area contributed by atoms with Crippen molar-refractivity contribution in [1.29, 1.82) is 0 Å². The molecule has 0 amide bonds. The van der Waals surface area contributed by atoms with E-state index in [0.29, 0.717) is 23.3 Å². The second kappa shape index (κ2) is 5.61. The molecule has 4 nitrogen and oxygen atoms in total. The second-order valence-electron chi connectivity index (χ2n) is 5.43. The van der Waals surface area contributed by atoms with Crippen LogP contribution in [0.4, 0.5) is 0 Å². The van der Waals surface area contributed by atoms with Crippen LogP contribution in [0.3, 0.4) is 0 Å². The number of benzene rings is 1. The Morgan fingerprint density at radius 3 is 2.37 bits per heavy atom. The molecule has 0 aliphatic heterocycles. The van der Waals surface area contributed by atoms with Crippen LogP contribution in [0.5, 0.6) is 0 Å². The van der Waals surface area contributed by atoms with E-state index >= 15 is 0 Å². The summed E-state index contributed by atoms with van der Waals surface area (Å²) in [6.45, 7) is 3.54. The Bertz CT molecular complexity index is 525. The SMILES string of the molecule is CNCc1ccc(S(=O)(=O)N(C)CC2CC2C)cc1. The summed E-state index contributed by atoms with van der Waals surface area (Å²) >= 11 is 0. The van der Waals surface area contributed by atoms with Crippen LogP contribution in [-0.4, -0.2) is 33.4 Å². The quantitative estimate of drug-likeness (QED) is 0.863. The van der Waals surface area contributed by atoms with Gasteiger partial charge in [-0.1, -0.05) is 19.1 Å². The second-order valence-corrected chi connectivity index (χ2v) is 7.48. The number of hydrogen-bond donors (Lipinski definition) is 1. The molecule has 106 valence electrons. The van der Waals surface area contributed by atoms with Crippen molar-refractivity contribution < 1.29 is 8.42 Å². The van der Waals surface area contributed by atoms with Gasteiger partial charge in [-0.05, 0) is 43.0 Å². The molecule has 1 aromatic rings. The van der Waals surface area contributed by atoms with Crippen LogP contribution >= 0.6 is 0 Å².